The number of halogens is 3. The molecule has 1 aromatic rings. The maximum Gasteiger partial charge on any atom is 0.418 e. The van der Waals surface area contributed by atoms with Crippen LogP contribution in [0.4, 0.5) is 28.4 Å². The lowest BCUT2D eigenvalue weighted by Gasteiger charge is -2.32. The summed E-state index contributed by atoms with van der Waals surface area (Å²) in [5.74, 6) is 7.14. The number of Topliss-reactive ketones (excluding diaryl/α,β-unsaturated/α-hetero) is 1. The Morgan fingerprint density at radius 3 is 1.97 bits per heavy atom. The Bertz CT molecular complexity index is 1020. The van der Waals surface area contributed by atoms with Crippen molar-refractivity contribution in [1.82, 2.24) is 5.32 Å². The number of carbonyl (C=O) groups excluding carboxylic acids is 4. The first-order chi connectivity index (χ1) is 17.6. The molecule has 0 unspecified atom stereocenters. The number of fused-ring (bicyclic) bond motifs is 1. The third kappa shape index (κ3) is 13.0. The van der Waals surface area contributed by atoms with Crippen molar-refractivity contribution in [2.75, 3.05) is 11.1 Å². The molecule has 8 N–H and O–H groups in total. The van der Waals surface area contributed by atoms with Crippen LogP contribution in [0, 0.1) is 0 Å². The maximum atomic E-state index is 13.7. The Hall–Kier alpha value is -3.04. The number of alkyl halides is 3. The van der Waals surface area contributed by atoms with Crippen molar-refractivity contribution < 1.29 is 41.8 Å². The van der Waals surface area contributed by atoms with Crippen LogP contribution in [0.2, 0.25) is 0 Å². The Morgan fingerprint density at radius 1 is 1.00 bits per heavy atom. The number of hydrogen-bond acceptors (Lipinski definition) is 9. The normalized spacial score (nSPS) is 14.8. The fraction of sp³-hybridized carbons (Fsp3) is 0.583. The minimum Gasteiger partial charge on any atom is -0.444 e. The Kier molecular flexibility index (Phi) is 13.3. The molecule has 1 atom stereocenters. The van der Waals surface area contributed by atoms with E-state index in [0.717, 1.165) is 4.90 Å². The number of carbonyl (C=O) groups is 4. The van der Waals surface area contributed by atoms with E-state index in [2.05, 4.69) is 21.7 Å². The zero-order chi connectivity index (χ0) is 30.8. The van der Waals surface area contributed by atoms with Gasteiger partial charge in [0.15, 0.2) is 11.3 Å². The average Bonchev–Trinajstić information content (AvgIpc) is 2.91. The minimum atomic E-state index is -5.03. The van der Waals surface area contributed by atoms with Crippen LogP contribution in [-0.4, -0.2) is 52.5 Å². The molecule has 0 bridgehead atoms. The molecule has 0 saturated carbocycles. The van der Waals surface area contributed by atoms with Gasteiger partial charge in [0.2, 0.25) is 5.91 Å². The van der Waals surface area contributed by atoms with Crippen LogP contribution in [0.5, 0.6) is 0 Å². The highest BCUT2D eigenvalue weighted by atomic mass is 32.2. The quantitative estimate of drug-likeness (QED) is 0.260. The number of ketones is 1. The molecule has 0 aromatic heterocycles. The van der Waals surface area contributed by atoms with Gasteiger partial charge < -0.3 is 25.8 Å². The first kappa shape index (κ1) is 36.0. The topological polar surface area (TPSA) is 189 Å². The number of ether oxygens (including phenoxy) is 2. The van der Waals surface area contributed by atoms with Gasteiger partial charge in [-0.25, -0.2) is 9.59 Å². The number of rotatable bonds is 4. The van der Waals surface area contributed by atoms with Crippen LogP contribution in [0.25, 0.3) is 0 Å². The van der Waals surface area contributed by atoms with Gasteiger partial charge >= 0.3 is 18.4 Å². The number of benzene rings is 1. The van der Waals surface area contributed by atoms with Gasteiger partial charge in [0, 0.05) is 23.5 Å². The van der Waals surface area contributed by atoms with E-state index >= 15 is 0 Å². The van der Waals surface area contributed by atoms with E-state index in [4.69, 9.17) is 10.5 Å². The van der Waals surface area contributed by atoms with Crippen LogP contribution in [0.15, 0.2) is 23.1 Å². The maximum absolute atomic E-state index is 13.7. The van der Waals surface area contributed by atoms with E-state index in [-0.39, 0.29) is 11.5 Å². The number of hydrazine groups is 1. The van der Waals surface area contributed by atoms with Gasteiger partial charge in [-0.15, -0.1) is 11.8 Å². The lowest BCUT2D eigenvalue weighted by Crippen LogP contribution is -2.62. The van der Waals surface area contributed by atoms with Crippen LogP contribution < -0.4 is 28.1 Å². The number of nitrogens with two attached hydrogens (primary N) is 3. The van der Waals surface area contributed by atoms with Gasteiger partial charge in [-0.05, 0) is 66.2 Å². The summed E-state index contributed by atoms with van der Waals surface area (Å²) in [7, 11) is 0. The fourth-order valence-electron chi connectivity index (χ4n) is 2.85. The standard InChI is InChI=1S/C19H23F3N2O4S.C5H11NO2.H4N2/c1-17(2,3)28-16(27)24-18(4,19(20,21)22)14(25)10-11-5-6-13-12(9-11)23-15(26)7-8-29-13;1-5(2,3)8-4(6)7;1-2/h5-6,9H,7-8,10H2,1-4H3,(H,23,26)(H,24,27);1-3H3,(H2,6,7);1-2H2/t18-;;/m1../s1. The van der Waals surface area contributed by atoms with E-state index in [1.807, 2.05) is 0 Å². The molecule has 15 heteroatoms. The molecule has 1 aliphatic heterocycles. The molecule has 222 valence electrons. The third-order valence-corrected chi connectivity index (χ3v) is 5.63. The molecule has 39 heavy (non-hydrogen) atoms. The van der Waals surface area contributed by atoms with E-state index in [0.29, 0.717) is 24.8 Å². The molecule has 3 amide bonds. The van der Waals surface area contributed by atoms with Gasteiger partial charge in [0.1, 0.15) is 11.2 Å². The number of thioether (sulfide) groups is 1. The smallest absolute Gasteiger partial charge is 0.418 e. The van der Waals surface area contributed by atoms with Crippen molar-refractivity contribution in [3.05, 3.63) is 23.8 Å². The van der Waals surface area contributed by atoms with Gasteiger partial charge in [0.05, 0.1) is 5.69 Å². The summed E-state index contributed by atoms with van der Waals surface area (Å²) in [4.78, 5) is 47.0. The lowest BCUT2D eigenvalue weighted by molar-refractivity contribution is -0.193. The largest absolute Gasteiger partial charge is 0.444 e. The minimum absolute atomic E-state index is 0.202. The molecular weight excluding hydrogens is 543 g/mol. The summed E-state index contributed by atoms with van der Waals surface area (Å²) in [6, 6.07) is 4.67. The van der Waals surface area contributed by atoms with E-state index in [9.17, 15) is 32.3 Å². The van der Waals surface area contributed by atoms with Crippen molar-refractivity contribution >= 4 is 41.3 Å². The molecule has 0 saturated heterocycles. The van der Waals surface area contributed by atoms with Gasteiger partial charge in [-0.1, -0.05) is 6.07 Å². The summed E-state index contributed by atoms with van der Waals surface area (Å²) >= 11 is 1.44. The van der Waals surface area contributed by atoms with Crippen molar-refractivity contribution in [3.63, 3.8) is 0 Å². The van der Waals surface area contributed by atoms with Gasteiger partial charge in [-0.3, -0.25) is 21.3 Å². The monoisotopic (exact) mass is 581 g/mol. The van der Waals surface area contributed by atoms with Crippen LogP contribution in [0.1, 0.15) is 60.5 Å². The highest BCUT2D eigenvalue weighted by Crippen LogP contribution is 2.34. The number of amides is 3. The zero-order valence-corrected chi connectivity index (χ0v) is 23.9. The summed E-state index contributed by atoms with van der Waals surface area (Å²) in [6.07, 6.45) is -7.36. The number of anilines is 1. The van der Waals surface area contributed by atoms with Crippen molar-refractivity contribution in [2.24, 2.45) is 17.4 Å². The Labute approximate surface area is 230 Å². The second-order valence-corrected chi connectivity index (χ2v) is 11.5. The summed E-state index contributed by atoms with van der Waals surface area (Å²) in [6.45, 7) is 10.4. The Balaban J connectivity index is 0.00000124. The summed E-state index contributed by atoms with van der Waals surface area (Å²) < 4.78 is 50.5. The Morgan fingerprint density at radius 2 is 1.54 bits per heavy atom. The van der Waals surface area contributed by atoms with Crippen molar-refractivity contribution in [2.45, 2.75) is 89.1 Å². The predicted molar refractivity (Wildman–Crippen MR) is 142 cm³/mol. The highest BCUT2D eigenvalue weighted by Gasteiger charge is 2.57. The van der Waals surface area contributed by atoms with E-state index in [1.165, 1.54) is 44.7 Å². The third-order valence-electron chi connectivity index (χ3n) is 4.55. The molecule has 1 heterocycles. The van der Waals surface area contributed by atoms with Crippen molar-refractivity contribution in [1.29, 1.82) is 0 Å². The molecule has 1 aliphatic rings. The predicted octanol–water partition coefficient (Wildman–Crippen LogP) is 3.78. The highest BCUT2D eigenvalue weighted by molar-refractivity contribution is 7.99. The summed E-state index contributed by atoms with van der Waals surface area (Å²) in [5, 5.41) is 4.36. The second-order valence-electron chi connectivity index (χ2n) is 10.4. The van der Waals surface area contributed by atoms with Gasteiger partial charge in [-0.2, -0.15) is 13.2 Å². The molecule has 1 aromatic carbocycles. The van der Waals surface area contributed by atoms with Crippen LogP contribution in [0.3, 0.4) is 0 Å². The summed E-state index contributed by atoms with van der Waals surface area (Å²) in [5.41, 5.74) is 0.864. The van der Waals surface area contributed by atoms with E-state index in [1.54, 1.807) is 32.2 Å². The molecule has 2 rings (SSSR count). The first-order valence-corrected chi connectivity index (χ1v) is 12.6. The number of primary amides is 1. The van der Waals surface area contributed by atoms with Gasteiger partial charge in [0.25, 0.3) is 0 Å². The number of hydrogen-bond donors (Lipinski definition) is 5. The SMILES string of the molecule is CC(C)(C)OC(=O)N[C@](C)(C(=O)Cc1ccc2c(c1)NC(=O)CCS2)C(F)(F)F.CC(C)(C)OC(N)=O.NN. The van der Waals surface area contributed by atoms with Crippen molar-refractivity contribution in [3.8, 4) is 0 Å². The fourth-order valence-corrected chi connectivity index (χ4v) is 3.78. The number of nitrogens with one attached hydrogen (secondary N) is 2. The average molecular weight is 582 g/mol. The van der Waals surface area contributed by atoms with E-state index < -0.39 is 47.3 Å². The molecule has 0 radical (unpaired) electrons. The number of alkyl carbamates (subject to hydrolysis) is 1. The second kappa shape index (κ2) is 14.4. The molecule has 11 nitrogen and oxygen atoms in total. The lowest BCUT2D eigenvalue weighted by atomic mass is 9.90. The molecular formula is C24H38F3N5O6S. The van der Waals surface area contributed by atoms with Crippen LogP contribution >= 0.6 is 11.8 Å². The molecule has 0 aliphatic carbocycles. The molecule has 0 fully saturated rings. The molecule has 0 spiro atoms. The zero-order valence-electron chi connectivity index (χ0n) is 23.1. The van der Waals surface area contributed by atoms with Crippen LogP contribution in [-0.2, 0) is 25.5 Å². The first-order valence-electron chi connectivity index (χ1n) is 11.6.